The van der Waals surface area contributed by atoms with Gasteiger partial charge in [-0.1, -0.05) is 29.9 Å². The van der Waals surface area contributed by atoms with Gasteiger partial charge in [0.25, 0.3) is 0 Å². The van der Waals surface area contributed by atoms with E-state index in [-0.39, 0.29) is 16.2 Å². The van der Waals surface area contributed by atoms with Crippen molar-refractivity contribution in [2.45, 2.75) is 6.92 Å². The Labute approximate surface area is 125 Å². The van der Waals surface area contributed by atoms with E-state index in [4.69, 9.17) is 17.3 Å². The van der Waals surface area contributed by atoms with E-state index in [1.54, 1.807) is 12.1 Å². The summed E-state index contributed by atoms with van der Waals surface area (Å²) in [5.41, 5.74) is 6.60. The molecule has 104 valence electrons. The van der Waals surface area contributed by atoms with Crippen LogP contribution in [-0.2, 0) is 0 Å². The van der Waals surface area contributed by atoms with Crippen LogP contribution in [-0.4, -0.2) is 4.99 Å². The van der Waals surface area contributed by atoms with E-state index in [2.05, 4.69) is 17.5 Å². The van der Waals surface area contributed by atoms with Crippen molar-refractivity contribution in [2.75, 3.05) is 5.32 Å². The van der Waals surface area contributed by atoms with E-state index in [1.165, 1.54) is 12.1 Å². The zero-order valence-corrected chi connectivity index (χ0v) is 12.1. The van der Waals surface area contributed by atoms with Crippen LogP contribution >= 0.6 is 23.8 Å². The zero-order chi connectivity index (χ0) is 14.9. The SMILES string of the molecule is Cc1ccc(Nc2ccc(C(N)=S)c(F)c2F)c(Cl)c1. The Hall–Kier alpha value is -1.72. The third-order valence-electron chi connectivity index (χ3n) is 2.74. The van der Waals surface area contributed by atoms with E-state index in [0.717, 1.165) is 5.56 Å². The van der Waals surface area contributed by atoms with Gasteiger partial charge in [-0.15, -0.1) is 0 Å². The summed E-state index contributed by atoms with van der Waals surface area (Å²) in [5.74, 6) is -2.13. The van der Waals surface area contributed by atoms with E-state index < -0.39 is 11.6 Å². The van der Waals surface area contributed by atoms with Gasteiger partial charge in [0.1, 0.15) is 4.99 Å². The topological polar surface area (TPSA) is 38.0 Å². The fourth-order valence-electron chi connectivity index (χ4n) is 1.70. The maximum absolute atomic E-state index is 13.9. The fourth-order valence-corrected chi connectivity index (χ4v) is 2.14. The second-order valence-electron chi connectivity index (χ2n) is 4.26. The van der Waals surface area contributed by atoms with Crippen LogP contribution in [0.4, 0.5) is 20.2 Å². The molecule has 0 spiro atoms. The summed E-state index contributed by atoms with van der Waals surface area (Å²) in [7, 11) is 0. The van der Waals surface area contributed by atoms with Gasteiger partial charge in [-0.3, -0.25) is 0 Å². The molecule has 6 heteroatoms. The van der Waals surface area contributed by atoms with Gasteiger partial charge in [-0.2, -0.15) is 0 Å². The number of thiocarbonyl (C=S) groups is 1. The highest BCUT2D eigenvalue weighted by atomic mass is 35.5. The average Bonchev–Trinajstić information content (AvgIpc) is 2.37. The molecule has 2 rings (SSSR count). The summed E-state index contributed by atoms with van der Waals surface area (Å²) < 4.78 is 27.7. The van der Waals surface area contributed by atoms with Crippen LogP contribution in [0.2, 0.25) is 5.02 Å². The summed E-state index contributed by atoms with van der Waals surface area (Å²) in [5, 5.41) is 3.16. The zero-order valence-electron chi connectivity index (χ0n) is 10.5. The van der Waals surface area contributed by atoms with E-state index >= 15 is 0 Å². The Bertz CT molecular complexity index is 689. The first-order valence-corrected chi connectivity index (χ1v) is 6.49. The van der Waals surface area contributed by atoms with Crippen LogP contribution in [0.5, 0.6) is 0 Å². The lowest BCUT2D eigenvalue weighted by Crippen LogP contribution is -2.13. The minimum Gasteiger partial charge on any atom is -0.389 e. The molecule has 2 nitrogen and oxygen atoms in total. The Balaban J connectivity index is 2.39. The standard InChI is InChI=1S/C14H11ClF2N2S/c1-7-2-4-10(9(15)6-7)19-11-5-3-8(14(18)20)12(16)13(11)17/h2-6,19H,1H3,(H2,18,20). The second-order valence-corrected chi connectivity index (χ2v) is 5.11. The van der Waals surface area contributed by atoms with Crippen molar-refractivity contribution < 1.29 is 8.78 Å². The van der Waals surface area contributed by atoms with Crippen LogP contribution in [0, 0.1) is 18.6 Å². The maximum Gasteiger partial charge on any atom is 0.182 e. The van der Waals surface area contributed by atoms with Gasteiger partial charge in [0.2, 0.25) is 0 Å². The molecule has 0 aliphatic rings. The third-order valence-corrected chi connectivity index (χ3v) is 3.27. The summed E-state index contributed by atoms with van der Waals surface area (Å²) in [6.07, 6.45) is 0. The summed E-state index contributed by atoms with van der Waals surface area (Å²) in [6.45, 7) is 1.88. The van der Waals surface area contributed by atoms with Crippen molar-refractivity contribution in [1.29, 1.82) is 0 Å². The number of hydrogen-bond donors (Lipinski definition) is 2. The number of nitrogens with two attached hydrogens (primary N) is 1. The molecule has 20 heavy (non-hydrogen) atoms. The van der Waals surface area contributed by atoms with Crippen LogP contribution < -0.4 is 11.1 Å². The minimum atomic E-state index is -1.08. The average molecular weight is 313 g/mol. The monoisotopic (exact) mass is 312 g/mol. The quantitative estimate of drug-likeness (QED) is 0.830. The van der Waals surface area contributed by atoms with Crippen LogP contribution in [0.3, 0.4) is 0 Å². The molecule has 0 saturated heterocycles. The molecule has 0 bridgehead atoms. The molecular formula is C14H11ClF2N2S. The molecule has 0 saturated carbocycles. The Morgan fingerprint density at radius 2 is 1.80 bits per heavy atom. The molecule has 3 N–H and O–H groups in total. The van der Waals surface area contributed by atoms with Crippen LogP contribution in [0.15, 0.2) is 30.3 Å². The number of halogens is 3. The molecule has 0 unspecified atom stereocenters. The number of benzene rings is 2. The Morgan fingerprint density at radius 1 is 1.15 bits per heavy atom. The first kappa shape index (κ1) is 14.7. The van der Waals surface area contributed by atoms with Gasteiger partial charge in [0.15, 0.2) is 11.6 Å². The van der Waals surface area contributed by atoms with Crippen LogP contribution in [0.25, 0.3) is 0 Å². The van der Waals surface area contributed by atoms with E-state index in [1.807, 2.05) is 13.0 Å². The summed E-state index contributed by atoms with van der Waals surface area (Å²) >= 11 is 10.7. The molecule has 0 fully saturated rings. The number of aryl methyl sites for hydroxylation is 1. The predicted octanol–water partition coefficient (Wildman–Crippen LogP) is 4.30. The molecule has 0 aliphatic heterocycles. The second kappa shape index (κ2) is 5.73. The number of nitrogens with one attached hydrogen (secondary N) is 1. The maximum atomic E-state index is 13.9. The summed E-state index contributed by atoms with van der Waals surface area (Å²) in [4.78, 5) is -0.193. The molecule has 0 amide bonds. The smallest absolute Gasteiger partial charge is 0.182 e. The molecule has 0 aliphatic carbocycles. The van der Waals surface area contributed by atoms with Crippen molar-refractivity contribution >= 4 is 40.2 Å². The lowest BCUT2D eigenvalue weighted by atomic mass is 10.1. The van der Waals surface area contributed by atoms with Crippen molar-refractivity contribution in [1.82, 2.24) is 0 Å². The summed E-state index contributed by atoms with van der Waals surface area (Å²) in [6, 6.07) is 7.91. The molecule has 2 aromatic rings. The van der Waals surface area contributed by atoms with E-state index in [9.17, 15) is 8.78 Å². The third kappa shape index (κ3) is 2.89. The number of rotatable bonds is 3. The lowest BCUT2D eigenvalue weighted by molar-refractivity contribution is 0.510. The number of anilines is 2. The van der Waals surface area contributed by atoms with Crippen molar-refractivity contribution in [3.8, 4) is 0 Å². The highest BCUT2D eigenvalue weighted by Gasteiger charge is 2.15. The van der Waals surface area contributed by atoms with Crippen LogP contribution in [0.1, 0.15) is 11.1 Å². The fraction of sp³-hybridized carbons (Fsp3) is 0.0714. The first-order chi connectivity index (χ1) is 9.40. The van der Waals surface area contributed by atoms with Gasteiger partial charge in [-0.25, -0.2) is 8.78 Å². The minimum absolute atomic E-state index is 0.0340. The van der Waals surface area contributed by atoms with Gasteiger partial charge in [0.05, 0.1) is 16.4 Å². The van der Waals surface area contributed by atoms with Crippen molar-refractivity contribution in [3.63, 3.8) is 0 Å². The molecule has 2 aromatic carbocycles. The molecule has 0 heterocycles. The highest BCUT2D eigenvalue weighted by Crippen LogP contribution is 2.29. The molecular weight excluding hydrogens is 302 g/mol. The highest BCUT2D eigenvalue weighted by molar-refractivity contribution is 7.80. The Morgan fingerprint density at radius 3 is 2.40 bits per heavy atom. The lowest BCUT2D eigenvalue weighted by Gasteiger charge is -2.12. The van der Waals surface area contributed by atoms with Gasteiger partial charge < -0.3 is 11.1 Å². The number of hydrogen-bond acceptors (Lipinski definition) is 2. The van der Waals surface area contributed by atoms with Gasteiger partial charge >= 0.3 is 0 Å². The van der Waals surface area contributed by atoms with Crippen molar-refractivity contribution in [2.24, 2.45) is 5.73 Å². The van der Waals surface area contributed by atoms with Gasteiger partial charge in [-0.05, 0) is 36.8 Å². The normalized spacial score (nSPS) is 10.4. The van der Waals surface area contributed by atoms with Crippen molar-refractivity contribution in [3.05, 3.63) is 58.1 Å². The largest absolute Gasteiger partial charge is 0.389 e. The Kier molecular flexibility index (Phi) is 4.20. The molecule has 0 radical (unpaired) electrons. The van der Waals surface area contributed by atoms with Gasteiger partial charge in [0, 0.05) is 5.56 Å². The molecule has 0 aromatic heterocycles. The molecule has 0 atom stereocenters. The van der Waals surface area contributed by atoms with E-state index in [0.29, 0.717) is 10.7 Å². The first-order valence-electron chi connectivity index (χ1n) is 5.71. The predicted molar refractivity (Wildman–Crippen MR) is 81.7 cm³/mol.